The van der Waals surface area contributed by atoms with Gasteiger partial charge >= 0.3 is 5.97 Å². The van der Waals surface area contributed by atoms with Crippen LogP contribution in [-0.2, 0) is 20.7 Å². The van der Waals surface area contributed by atoms with Crippen molar-refractivity contribution in [3.05, 3.63) is 34.9 Å². The number of halogens is 1. The quantitative estimate of drug-likeness (QED) is 0.786. The molecule has 1 aromatic rings. The van der Waals surface area contributed by atoms with Gasteiger partial charge in [0, 0.05) is 18.0 Å². The van der Waals surface area contributed by atoms with Crippen LogP contribution in [-0.4, -0.2) is 36.5 Å². The van der Waals surface area contributed by atoms with Crippen molar-refractivity contribution in [3.63, 3.8) is 0 Å². The van der Waals surface area contributed by atoms with Crippen LogP contribution in [0.4, 0.5) is 0 Å². The molecule has 0 saturated carbocycles. The first-order chi connectivity index (χ1) is 10.1. The standard InChI is InChI=1S/C16H20ClNO3/c1-21-16(20)14-5-3-11-18(14)15(19)6-2-4-12-7-9-13(17)10-8-12/h7-10,14H,2-6,11H2,1H3. The van der Waals surface area contributed by atoms with Crippen molar-refractivity contribution >= 4 is 23.5 Å². The van der Waals surface area contributed by atoms with E-state index in [0.29, 0.717) is 24.4 Å². The van der Waals surface area contributed by atoms with E-state index >= 15 is 0 Å². The maximum atomic E-state index is 12.2. The molecule has 1 atom stereocenters. The van der Waals surface area contributed by atoms with Gasteiger partial charge in [0.05, 0.1) is 7.11 Å². The summed E-state index contributed by atoms with van der Waals surface area (Å²) in [6, 6.07) is 7.26. The average Bonchev–Trinajstić information content (AvgIpc) is 2.98. The van der Waals surface area contributed by atoms with E-state index in [0.717, 1.165) is 24.8 Å². The lowest BCUT2D eigenvalue weighted by Gasteiger charge is -2.22. The topological polar surface area (TPSA) is 46.6 Å². The van der Waals surface area contributed by atoms with Crippen LogP contribution in [0.5, 0.6) is 0 Å². The van der Waals surface area contributed by atoms with Crippen molar-refractivity contribution < 1.29 is 14.3 Å². The average molecular weight is 310 g/mol. The van der Waals surface area contributed by atoms with Crippen LogP contribution in [0.3, 0.4) is 0 Å². The molecule has 4 nitrogen and oxygen atoms in total. The van der Waals surface area contributed by atoms with Gasteiger partial charge in [0.15, 0.2) is 0 Å². The van der Waals surface area contributed by atoms with Crippen LogP contribution < -0.4 is 0 Å². The number of carbonyl (C=O) groups is 2. The van der Waals surface area contributed by atoms with Gasteiger partial charge in [-0.1, -0.05) is 23.7 Å². The second-order valence-corrected chi connectivity index (χ2v) is 5.68. The van der Waals surface area contributed by atoms with E-state index in [1.54, 1.807) is 4.90 Å². The summed E-state index contributed by atoms with van der Waals surface area (Å²) in [5, 5.41) is 0.716. The number of methoxy groups -OCH3 is 1. The Balaban J connectivity index is 1.81. The third-order valence-electron chi connectivity index (χ3n) is 3.82. The molecular weight excluding hydrogens is 290 g/mol. The number of benzene rings is 1. The largest absolute Gasteiger partial charge is 0.467 e. The zero-order valence-corrected chi connectivity index (χ0v) is 12.9. The van der Waals surface area contributed by atoms with Gasteiger partial charge in [-0.15, -0.1) is 0 Å². The van der Waals surface area contributed by atoms with E-state index in [1.165, 1.54) is 7.11 Å². The molecule has 0 N–H and O–H groups in total. The first-order valence-corrected chi connectivity index (χ1v) is 7.61. The van der Waals surface area contributed by atoms with E-state index in [9.17, 15) is 9.59 Å². The number of rotatable bonds is 5. The molecule has 1 heterocycles. The number of nitrogens with zero attached hydrogens (tertiary/aromatic N) is 1. The number of hydrogen-bond acceptors (Lipinski definition) is 3. The summed E-state index contributed by atoms with van der Waals surface area (Å²) < 4.78 is 4.75. The molecule has 1 saturated heterocycles. The van der Waals surface area contributed by atoms with Crippen molar-refractivity contribution in [2.45, 2.75) is 38.1 Å². The highest BCUT2D eigenvalue weighted by Gasteiger charge is 2.34. The van der Waals surface area contributed by atoms with Crippen LogP contribution >= 0.6 is 11.6 Å². The van der Waals surface area contributed by atoms with Gasteiger partial charge in [0.1, 0.15) is 6.04 Å². The number of esters is 1. The number of hydrogen-bond donors (Lipinski definition) is 0. The van der Waals surface area contributed by atoms with E-state index < -0.39 is 6.04 Å². The molecule has 0 spiro atoms. The molecule has 1 aromatic carbocycles. The van der Waals surface area contributed by atoms with E-state index in [4.69, 9.17) is 16.3 Å². The molecule has 1 aliphatic rings. The molecule has 114 valence electrons. The van der Waals surface area contributed by atoms with Gasteiger partial charge in [-0.05, 0) is 43.4 Å². The minimum absolute atomic E-state index is 0.0388. The summed E-state index contributed by atoms with van der Waals surface area (Å²) >= 11 is 5.84. The molecule has 1 fully saturated rings. The Bertz CT molecular complexity index is 501. The number of likely N-dealkylation sites (tertiary alicyclic amines) is 1. The monoisotopic (exact) mass is 309 g/mol. The van der Waals surface area contributed by atoms with Crippen molar-refractivity contribution in [1.29, 1.82) is 0 Å². The zero-order chi connectivity index (χ0) is 15.2. The highest BCUT2D eigenvalue weighted by atomic mass is 35.5. The summed E-state index contributed by atoms with van der Waals surface area (Å²) in [5.74, 6) is -0.268. The fourth-order valence-electron chi connectivity index (χ4n) is 2.68. The van der Waals surface area contributed by atoms with Crippen molar-refractivity contribution in [1.82, 2.24) is 4.90 Å². The summed E-state index contributed by atoms with van der Waals surface area (Å²) in [6.45, 7) is 0.652. The predicted molar refractivity (Wildman–Crippen MR) is 81.1 cm³/mol. The molecule has 0 aromatic heterocycles. The molecule has 2 rings (SSSR count). The summed E-state index contributed by atoms with van der Waals surface area (Å²) in [6.07, 6.45) is 3.62. The highest BCUT2D eigenvalue weighted by molar-refractivity contribution is 6.30. The molecule has 0 radical (unpaired) electrons. The van der Waals surface area contributed by atoms with Crippen LogP contribution in [0.15, 0.2) is 24.3 Å². The fourth-order valence-corrected chi connectivity index (χ4v) is 2.81. The Morgan fingerprint density at radius 1 is 1.33 bits per heavy atom. The number of carbonyl (C=O) groups excluding carboxylic acids is 2. The van der Waals surface area contributed by atoms with E-state index in [2.05, 4.69) is 0 Å². The molecule has 1 amide bonds. The fraction of sp³-hybridized carbons (Fsp3) is 0.500. The number of aryl methyl sites for hydroxylation is 1. The summed E-state index contributed by atoms with van der Waals surface area (Å²) in [5.41, 5.74) is 1.16. The number of ether oxygens (including phenoxy) is 1. The summed E-state index contributed by atoms with van der Waals surface area (Å²) in [7, 11) is 1.36. The maximum Gasteiger partial charge on any atom is 0.328 e. The molecule has 0 bridgehead atoms. The van der Waals surface area contributed by atoms with Crippen molar-refractivity contribution in [3.8, 4) is 0 Å². The van der Waals surface area contributed by atoms with Crippen LogP contribution in [0.2, 0.25) is 5.02 Å². The minimum Gasteiger partial charge on any atom is -0.467 e. The van der Waals surface area contributed by atoms with Crippen LogP contribution in [0.25, 0.3) is 0 Å². The minimum atomic E-state index is -0.391. The van der Waals surface area contributed by atoms with Gasteiger partial charge < -0.3 is 9.64 Å². The Hall–Kier alpha value is -1.55. The smallest absolute Gasteiger partial charge is 0.328 e. The maximum absolute atomic E-state index is 12.2. The molecule has 1 unspecified atom stereocenters. The number of amides is 1. The predicted octanol–water partition coefficient (Wildman–Crippen LogP) is 2.83. The van der Waals surface area contributed by atoms with E-state index in [-0.39, 0.29) is 11.9 Å². The van der Waals surface area contributed by atoms with Crippen LogP contribution in [0.1, 0.15) is 31.2 Å². The van der Waals surface area contributed by atoms with Gasteiger partial charge in [-0.25, -0.2) is 4.79 Å². The Morgan fingerprint density at radius 2 is 2.05 bits per heavy atom. The lowest BCUT2D eigenvalue weighted by molar-refractivity contribution is -0.151. The second kappa shape index (κ2) is 7.46. The highest BCUT2D eigenvalue weighted by Crippen LogP contribution is 2.20. The molecule has 1 aliphatic heterocycles. The first kappa shape index (κ1) is 15.8. The molecule has 0 aliphatic carbocycles. The van der Waals surface area contributed by atoms with Crippen LogP contribution in [0, 0.1) is 0 Å². The first-order valence-electron chi connectivity index (χ1n) is 7.23. The SMILES string of the molecule is COC(=O)C1CCCN1C(=O)CCCc1ccc(Cl)cc1. The lowest BCUT2D eigenvalue weighted by atomic mass is 10.1. The van der Waals surface area contributed by atoms with Gasteiger partial charge in [0.25, 0.3) is 0 Å². The van der Waals surface area contributed by atoms with Gasteiger partial charge in [0.2, 0.25) is 5.91 Å². The lowest BCUT2D eigenvalue weighted by Crippen LogP contribution is -2.41. The normalized spacial score (nSPS) is 17.8. The summed E-state index contributed by atoms with van der Waals surface area (Å²) in [4.78, 5) is 25.5. The Kier molecular flexibility index (Phi) is 5.62. The van der Waals surface area contributed by atoms with Crippen molar-refractivity contribution in [2.24, 2.45) is 0 Å². The third kappa shape index (κ3) is 4.21. The van der Waals surface area contributed by atoms with Gasteiger partial charge in [-0.3, -0.25) is 4.79 Å². The molecule has 21 heavy (non-hydrogen) atoms. The van der Waals surface area contributed by atoms with Crippen molar-refractivity contribution in [2.75, 3.05) is 13.7 Å². The van der Waals surface area contributed by atoms with E-state index in [1.807, 2.05) is 24.3 Å². The molecular formula is C16H20ClNO3. The van der Waals surface area contributed by atoms with Gasteiger partial charge in [-0.2, -0.15) is 0 Å². The second-order valence-electron chi connectivity index (χ2n) is 5.25. The Labute approximate surface area is 130 Å². The Morgan fingerprint density at radius 3 is 2.71 bits per heavy atom. The third-order valence-corrected chi connectivity index (χ3v) is 4.07. The molecule has 5 heteroatoms. The zero-order valence-electron chi connectivity index (χ0n) is 12.2.